The number of hydrogen-bond acceptors (Lipinski definition) is 2. The molecular weight excluding hydrogens is 258 g/mol. The lowest BCUT2D eigenvalue weighted by Crippen LogP contribution is -2.38. The Morgan fingerprint density at radius 3 is 2.93 bits per heavy atom. The smallest absolute Gasteiger partial charge is 0.220 e. The van der Waals surface area contributed by atoms with Crippen LogP contribution in [0.3, 0.4) is 0 Å². The lowest BCUT2D eigenvalue weighted by molar-refractivity contribution is -0.121. The van der Waals surface area contributed by atoms with Crippen LogP contribution in [0, 0.1) is 0 Å². The maximum Gasteiger partial charge on any atom is 0.220 e. The molecule has 1 aromatic heterocycles. The molecule has 0 spiro atoms. The second kappa shape index (κ2) is 4.39. The van der Waals surface area contributed by atoms with Gasteiger partial charge >= 0.3 is 0 Å². The third kappa shape index (κ3) is 2.84. The molecule has 1 aromatic rings. The molecule has 1 amide bonds. The monoisotopic (exact) mass is 271 g/mol. The average molecular weight is 272 g/mol. The first-order chi connectivity index (χ1) is 7.24. The summed E-state index contributed by atoms with van der Waals surface area (Å²) in [6.07, 6.45) is 4.99. The Hall–Kier alpha value is -0.770. The number of aryl methyl sites for hydroxylation is 1. The van der Waals surface area contributed by atoms with E-state index in [1.807, 2.05) is 12.1 Å². The molecule has 15 heavy (non-hydrogen) atoms. The Bertz CT molecular complexity index is 330. The predicted molar refractivity (Wildman–Crippen MR) is 60.9 cm³/mol. The Morgan fingerprint density at radius 1 is 1.60 bits per heavy atom. The van der Waals surface area contributed by atoms with Gasteiger partial charge in [-0.15, -0.1) is 0 Å². The van der Waals surface area contributed by atoms with Crippen molar-refractivity contribution in [2.45, 2.75) is 31.2 Å². The first kappa shape index (κ1) is 10.7. The van der Waals surface area contributed by atoms with E-state index in [0.717, 1.165) is 23.9 Å². The summed E-state index contributed by atoms with van der Waals surface area (Å²) in [6, 6.07) is 3.73. The van der Waals surface area contributed by atoms with E-state index in [0.29, 0.717) is 12.8 Å². The van der Waals surface area contributed by atoms with Gasteiger partial charge in [-0.3, -0.25) is 4.79 Å². The zero-order valence-electron chi connectivity index (χ0n) is 8.46. The third-order valence-corrected chi connectivity index (χ3v) is 3.77. The molecule has 2 rings (SSSR count). The Morgan fingerprint density at radius 2 is 2.40 bits per heavy atom. The minimum absolute atomic E-state index is 0.0558. The molecule has 0 unspecified atom stereocenters. The summed E-state index contributed by atoms with van der Waals surface area (Å²) in [4.78, 5) is 11.6. The van der Waals surface area contributed by atoms with Gasteiger partial charge in [-0.25, -0.2) is 0 Å². The number of hydrogen-bond donors (Lipinski definition) is 1. The number of halogens is 1. The first-order valence-electron chi connectivity index (χ1n) is 5.13. The Labute approximate surface area is 97.4 Å². The van der Waals surface area contributed by atoms with Crippen LogP contribution in [0.1, 0.15) is 25.0 Å². The summed E-state index contributed by atoms with van der Waals surface area (Å²) in [5.74, 6) is 0.984. The largest absolute Gasteiger partial charge is 0.469 e. The van der Waals surface area contributed by atoms with Crippen LogP contribution in [-0.2, 0) is 11.2 Å². The maximum absolute atomic E-state index is 11.6. The van der Waals surface area contributed by atoms with Crippen molar-refractivity contribution < 1.29 is 9.21 Å². The molecule has 1 heterocycles. The van der Waals surface area contributed by atoms with Crippen molar-refractivity contribution in [1.29, 1.82) is 0 Å². The van der Waals surface area contributed by atoms with Crippen molar-refractivity contribution in [2.24, 2.45) is 0 Å². The fraction of sp³-hybridized carbons (Fsp3) is 0.545. The van der Waals surface area contributed by atoms with E-state index < -0.39 is 0 Å². The summed E-state index contributed by atoms with van der Waals surface area (Å²) in [5.41, 5.74) is 0.0558. The molecular formula is C11H14BrNO2. The molecule has 3 nitrogen and oxygen atoms in total. The van der Waals surface area contributed by atoms with Gasteiger partial charge in [-0.2, -0.15) is 0 Å². The predicted octanol–water partition coefficient (Wildman–Crippen LogP) is 2.26. The average Bonchev–Trinajstić information content (AvgIpc) is 2.80. The molecule has 1 N–H and O–H groups in total. The van der Waals surface area contributed by atoms with Crippen molar-refractivity contribution in [1.82, 2.24) is 5.32 Å². The van der Waals surface area contributed by atoms with Crippen LogP contribution in [0.4, 0.5) is 0 Å². The lowest BCUT2D eigenvalue weighted by atomic mass is 10.2. The zero-order valence-corrected chi connectivity index (χ0v) is 10.0. The zero-order chi connectivity index (χ0) is 10.7. The molecule has 0 radical (unpaired) electrons. The molecule has 1 fully saturated rings. The van der Waals surface area contributed by atoms with Crippen molar-refractivity contribution in [3.05, 3.63) is 24.2 Å². The van der Waals surface area contributed by atoms with E-state index >= 15 is 0 Å². The highest BCUT2D eigenvalue weighted by Gasteiger charge is 2.42. The van der Waals surface area contributed by atoms with Crippen LogP contribution in [-0.4, -0.2) is 16.8 Å². The van der Waals surface area contributed by atoms with Gasteiger partial charge in [-0.05, 0) is 25.0 Å². The van der Waals surface area contributed by atoms with E-state index in [9.17, 15) is 4.79 Å². The van der Waals surface area contributed by atoms with Crippen LogP contribution in [0.25, 0.3) is 0 Å². The number of rotatable bonds is 5. The third-order valence-electron chi connectivity index (χ3n) is 2.69. The summed E-state index contributed by atoms with van der Waals surface area (Å²) in [6.45, 7) is 0. The van der Waals surface area contributed by atoms with Crippen LogP contribution in [0.5, 0.6) is 0 Å². The van der Waals surface area contributed by atoms with Crippen LogP contribution >= 0.6 is 15.9 Å². The number of furan rings is 1. The summed E-state index contributed by atoms with van der Waals surface area (Å²) in [5, 5.41) is 3.91. The first-order valence-corrected chi connectivity index (χ1v) is 6.26. The second-order valence-electron chi connectivity index (χ2n) is 4.04. The van der Waals surface area contributed by atoms with Gasteiger partial charge in [0, 0.05) is 23.7 Å². The molecule has 0 saturated heterocycles. The Balaban J connectivity index is 1.73. The number of amides is 1. The second-order valence-corrected chi connectivity index (χ2v) is 4.60. The van der Waals surface area contributed by atoms with Crippen molar-refractivity contribution in [3.63, 3.8) is 0 Å². The van der Waals surface area contributed by atoms with Gasteiger partial charge in [0.15, 0.2) is 0 Å². The highest BCUT2D eigenvalue weighted by molar-refractivity contribution is 9.09. The van der Waals surface area contributed by atoms with Crippen molar-refractivity contribution >= 4 is 21.8 Å². The molecule has 1 aliphatic rings. The van der Waals surface area contributed by atoms with Gasteiger partial charge in [-0.1, -0.05) is 15.9 Å². The SMILES string of the molecule is O=C(CCc1ccco1)NC1(CBr)CC1. The van der Waals surface area contributed by atoms with Gasteiger partial charge < -0.3 is 9.73 Å². The molecule has 0 aliphatic heterocycles. The topological polar surface area (TPSA) is 42.2 Å². The van der Waals surface area contributed by atoms with E-state index in [1.165, 1.54) is 0 Å². The highest BCUT2D eigenvalue weighted by atomic mass is 79.9. The number of carbonyl (C=O) groups excluding carboxylic acids is 1. The van der Waals surface area contributed by atoms with E-state index in [4.69, 9.17) is 4.42 Å². The highest BCUT2D eigenvalue weighted by Crippen LogP contribution is 2.36. The molecule has 0 aromatic carbocycles. The summed E-state index contributed by atoms with van der Waals surface area (Å²) >= 11 is 3.42. The van der Waals surface area contributed by atoms with Gasteiger partial charge in [0.1, 0.15) is 5.76 Å². The lowest BCUT2D eigenvalue weighted by Gasteiger charge is -2.13. The summed E-state index contributed by atoms with van der Waals surface area (Å²) in [7, 11) is 0. The van der Waals surface area contributed by atoms with Crippen LogP contribution in [0.15, 0.2) is 22.8 Å². The molecule has 82 valence electrons. The minimum Gasteiger partial charge on any atom is -0.469 e. The van der Waals surface area contributed by atoms with Crippen molar-refractivity contribution in [2.75, 3.05) is 5.33 Å². The minimum atomic E-state index is 0.0558. The van der Waals surface area contributed by atoms with E-state index in [-0.39, 0.29) is 11.4 Å². The van der Waals surface area contributed by atoms with Gasteiger partial charge in [0.2, 0.25) is 5.91 Å². The molecule has 1 aliphatic carbocycles. The van der Waals surface area contributed by atoms with Crippen LogP contribution in [0.2, 0.25) is 0 Å². The van der Waals surface area contributed by atoms with Crippen LogP contribution < -0.4 is 5.32 Å². The maximum atomic E-state index is 11.6. The molecule has 4 heteroatoms. The number of alkyl halides is 1. The quantitative estimate of drug-likeness (QED) is 0.835. The Kier molecular flexibility index (Phi) is 3.14. The summed E-state index contributed by atoms with van der Waals surface area (Å²) < 4.78 is 5.17. The fourth-order valence-corrected chi connectivity index (χ4v) is 2.19. The van der Waals surface area contributed by atoms with Crippen molar-refractivity contribution in [3.8, 4) is 0 Å². The van der Waals surface area contributed by atoms with Gasteiger partial charge in [0.25, 0.3) is 0 Å². The number of carbonyl (C=O) groups is 1. The standard InChI is InChI=1S/C11H14BrNO2/c12-8-11(5-6-11)13-10(14)4-3-9-2-1-7-15-9/h1-2,7H,3-6,8H2,(H,13,14). The molecule has 0 bridgehead atoms. The normalized spacial score (nSPS) is 17.4. The van der Waals surface area contributed by atoms with E-state index in [2.05, 4.69) is 21.2 Å². The molecule has 0 atom stereocenters. The van der Waals surface area contributed by atoms with Gasteiger partial charge in [0.05, 0.1) is 6.26 Å². The van der Waals surface area contributed by atoms with E-state index in [1.54, 1.807) is 6.26 Å². The molecule has 1 saturated carbocycles. The number of nitrogens with one attached hydrogen (secondary N) is 1. The fourth-order valence-electron chi connectivity index (χ4n) is 1.49.